The molecule has 2 N–H and O–H groups in total. The second kappa shape index (κ2) is 7.33. The minimum atomic E-state index is -0.869. The maximum atomic E-state index is 10.6. The van der Waals surface area contributed by atoms with Gasteiger partial charge in [-0.3, -0.25) is 0 Å². The number of rotatable bonds is 7. The van der Waals surface area contributed by atoms with E-state index in [4.69, 9.17) is 4.74 Å². The van der Waals surface area contributed by atoms with Gasteiger partial charge >= 0.3 is 0 Å². The quantitative estimate of drug-likeness (QED) is 0.823. The van der Waals surface area contributed by atoms with E-state index in [1.54, 1.807) is 7.11 Å². The maximum Gasteiger partial charge on any atom is 0.156 e. The van der Waals surface area contributed by atoms with E-state index in [9.17, 15) is 5.11 Å². The third-order valence-electron chi connectivity index (χ3n) is 3.49. The van der Waals surface area contributed by atoms with Crippen LogP contribution in [0.2, 0.25) is 0 Å². The van der Waals surface area contributed by atoms with Gasteiger partial charge in [0.25, 0.3) is 0 Å². The molecule has 1 heterocycles. The van der Waals surface area contributed by atoms with E-state index in [0.29, 0.717) is 25.4 Å². The third-order valence-corrected chi connectivity index (χ3v) is 3.49. The molecule has 0 saturated heterocycles. The largest absolute Gasteiger partial charge is 0.385 e. The van der Waals surface area contributed by atoms with Crippen LogP contribution in [0.4, 0.5) is 5.82 Å². The number of ether oxygens (including phenoxy) is 1. The topological polar surface area (TPSA) is 67.3 Å². The van der Waals surface area contributed by atoms with E-state index in [1.807, 2.05) is 50.2 Å². The number of hydrogen-bond donors (Lipinski definition) is 2. The highest BCUT2D eigenvalue weighted by Crippen LogP contribution is 2.24. The first-order valence-electron chi connectivity index (χ1n) is 7.36. The van der Waals surface area contributed by atoms with Gasteiger partial charge in [0.1, 0.15) is 12.4 Å². The van der Waals surface area contributed by atoms with E-state index < -0.39 is 5.60 Å². The summed E-state index contributed by atoms with van der Waals surface area (Å²) in [6.07, 6.45) is 0.583. The number of nitrogens with one attached hydrogen (secondary N) is 1. The van der Waals surface area contributed by atoms with E-state index in [0.717, 1.165) is 17.1 Å². The van der Waals surface area contributed by atoms with Gasteiger partial charge in [0.15, 0.2) is 5.82 Å². The molecule has 0 saturated carbocycles. The van der Waals surface area contributed by atoms with Gasteiger partial charge in [0.2, 0.25) is 0 Å². The zero-order valence-electron chi connectivity index (χ0n) is 13.3. The lowest BCUT2D eigenvalue weighted by Crippen LogP contribution is -2.24. The van der Waals surface area contributed by atoms with E-state index in [2.05, 4.69) is 15.3 Å². The normalized spacial score (nSPS) is 13.6. The molecule has 5 nitrogen and oxygen atoms in total. The van der Waals surface area contributed by atoms with E-state index >= 15 is 0 Å². The summed E-state index contributed by atoms with van der Waals surface area (Å²) in [6.45, 7) is 4.75. The molecule has 0 aliphatic rings. The fraction of sp³-hybridized carbons (Fsp3) is 0.412. The summed E-state index contributed by atoms with van der Waals surface area (Å²) in [5, 5.41) is 13.8. The number of aliphatic hydroxyl groups is 1. The van der Waals surface area contributed by atoms with Crippen molar-refractivity contribution in [3.63, 3.8) is 0 Å². The first-order valence-corrected chi connectivity index (χ1v) is 7.36. The van der Waals surface area contributed by atoms with Gasteiger partial charge in [-0.1, -0.05) is 30.3 Å². The lowest BCUT2D eigenvalue weighted by atomic mass is 9.93. The molecule has 0 spiro atoms. The van der Waals surface area contributed by atoms with E-state index in [1.165, 1.54) is 0 Å². The third kappa shape index (κ3) is 4.51. The molecule has 0 amide bonds. The minimum absolute atomic E-state index is 0.387. The number of aryl methyl sites for hydroxylation is 1. The second-order valence-corrected chi connectivity index (χ2v) is 5.56. The summed E-state index contributed by atoms with van der Waals surface area (Å²) in [6, 6.07) is 11.6. The summed E-state index contributed by atoms with van der Waals surface area (Å²) in [5.41, 5.74) is 0.932. The predicted molar refractivity (Wildman–Crippen MR) is 86.6 cm³/mol. The molecular weight excluding hydrogens is 278 g/mol. The average Bonchev–Trinajstić information content (AvgIpc) is 2.48. The van der Waals surface area contributed by atoms with Gasteiger partial charge in [-0.15, -0.1) is 0 Å². The Morgan fingerprint density at radius 3 is 2.64 bits per heavy atom. The van der Waals surface area contributed by atoms with Crippen molar-refractivity contribution in [3.8, 4) is 0 Å². The highest BCUT2D eigenvalue weighted by molar-refractivity contribution is 5.36. The molecule has 1 aromatic carbocycles. The van der Waals surface area contributed by atoms with Crippen molar-refractivity contribution in [1.29, 1.82) is 0 Å². The molecule has 0 fully saturated rings. The molecule has 2 rings (SSSR count). The summed E-state index contributed by atoms with van der Waals surface area (Å²) < 4.78 is 5.06. The summed E-state index contributed by atoms with van der Waals surface area (Å²) >= 11 is 0. The smallest absolute Gasteiger partial charge is 0.156 e. The Hall–Kier alpha value is -1.98. The van der Waals surface area contributed by atoms with Gasteiger partial charge in [-0.05, 0) is 25.8 Å². The minimum Gasteiger partial charge on any atom is -0.385 e. The monoisotopic (exact) mass is 301 g/mol. The summed E-state index contributed by atoms with van der Waals surface area (Å²) in [7, 11) is 1.62. The van der Waals surface area contributed by atoms with Crippen molar-refractivity contribution in [2.24, 2.45) is 0 Å². The van der Waals surface area contributed by atoms with Crippen molar-refractivity contribution in [1.82, 2.24) is 9.97 Å². The Labute approximate surface area is 131 Å². The van der Waals surface area contributed by atoms with Gasteiger partial charge in [0, 0.05) is 25.4 Å². The molecule has 0 bridgehead atoms. The fourth-order valence-corrected chi connectivity index (χ4v) is 2.29. The second-order valence-electron chi connectivity index (χ2n) is 5.56. The molecular formula is C17H23N3O2. The molecule has 5 heteroatoms. The molecule has 22 heavy (non-hydrogen) atoms. The van der Waals surface area contributed by atoms with Crippen molar-refractivity contribution in [2.75, 3.05) is 19.0 Å². The van der Waals surface area contributed by atoms with Crippen molar-refractivity contribution >= 4 is 5.82 Å². The zero-order valence-corrected chi connectivity index (χ0v) is 13.3. The van der Waals surface area contributed by atoms with Crippen LogP contribution in [-0.2, 0) is 16.9 Å². The van der Waals surface area contributed by atoms with Crippen LogP contribution in [0.5, 0.6) is 0 Å². The van der Waals surface area contributed by atoms with Gasteiger partial charge in [-0.2, -0.15) is 0 Å². The van der Waals surface area contributed by atoms with Crippen LogP contribution in [0.1, 0.15) is 30.4 Å². The van der Waals surface area contributed by atoms with E-state index in [-0.39, 0.29) is 0 Å². The summed E-state index contributed by atoms with van der Waals surface area (Å²) in [4.78, 5) is 8.69. The number of nitrogens with zero attached hydrogens (tertiary/aromatic N) is 2. The molecule has 0 aliphatic carbocycles. The molecule has 0 aliphatic heterocycles. The molecule has 2 aromatic rings. The molecule has 1 atom stereocenters. The van der Waals surface area contributed by atoms with Crippen molar-refractivity contribution in [3.05, 3.63) is 53.5 Å². The van der Waals surface area contributed by atoms with Crippen molar-refractivity contribution in [2.45, 2.75) is 32.5 Å². The molecule has 1 aromatic heterocycles. The van der Waals surface area contributed by atoms with Crippen LogP contribution in [-0.4, -0.2) is 28.7 Å². The van der Waals surface area contributed by atoms with Gasteiger partial charge in [-0.25, -0.2) is 9.97 Å². The highest BCUT2D eigenvalue weighted by Gasteiger charge is 2.22. The fourth-order valence-electron chi connectivity index (χ4n) is 2.29. The Morgan fingerprint density at radius 1 is 1.23 bits per heavy atom. The average molecular weight is 301 g/mol. The maximum absolute atomic E-state index is 10.6. The Kier molecular flexibility index (Phi) is 5.46. The molecule has 118 valence electrons. The predicted octanol–water partition coefficient (Wildman–Crippen LogP) is 2.64. The highest BCUT2D eigenvalue weighted by atomic mass is 16.5. The first-order chi connectivity index (χ1) is 10.5. The van der Waals surface area contributed by atoms with Crippen LogP contribution in [0.15, 0.2) is 36.4 Å². The Morgan fingerprint density at radius 2 is 1.95 bits per heavy atom. The van der Waals surface area contributed by atoms with Gasteiger partial charge < -0.3 is 15.2 Å². The number of anilines is 1. The van der Waals surface area contributed by atoms with Gasteiger partial charge in [0.05, 0.1) is 5.60 Å². The van der Waals surface area contributed by atoms with Crippen LogP contribution in [0.3, 0.4) is 0 Å². The van der Waals surface area contributed by atoms with Crippen LogP contribution < -0.4 is 5.32 Å². The zero-order chi connectivity index (χ0) is 16.0. The summed E-state index contributed by atoms with van der Waals surface area (Å²) in [5.74, 6) is 1.41. The Balaban J connectivity index is 1.96. The Bertz CT molecular complexity index is 600. The lowest BCUT2D eigenvalue weighted by molar-refractivity contribution is 0.0515. The molecule has 1 unspecified atom stereocenters. The SMILES string of the molecule is COCc1nc(C)cc(NCCC(C)(O)c2ccccc2)n1. The first kappa shape index (κ1) is 16.4. The van der Waals surface area contributed by atoms with Crippen molar-refractivity contribution < 1.29 is 9.84 Å². The number of hydrogen-bond acceptors (Lipinski definition) is 5. The standard InChI is InChI=1S/C17H23N3O2/c1-13-11-15(20-16(19-13)12-22-3)18-10-9-17(2,21)14-7-5-4-6-8-14/h4-8,11,21H,9-10,12H2,1-3H3,(H,18,19,20). The van der Waals surface area contributed by atoms with Crippen LogP contribution >= 0.6 is 0 Å². The number of methoxy groups -OCH3 is 1. The molecule has 0 radical (unpaired) electrons. The van der Waals surface area contributed by atoms with Crippen LogP contribution in [0, 0.1) is 6.92 Å². The number of aromatic nitrogens is 2. The lowest BCUT2D eigenvalue weighted by Gasteiger charge is -2.24. The number of benzene rings is 1. The van der Waals surface area contributed by atoms with Crippen LogP contribution in [0.25, 0.3) is 0 Å².